The Kier molecular flexibility index (Phi) is 6.37. The van der Waals surface area contributed by atoms with Crippen LogP contribution in [0.2, 0.25) is 0 Å². The van der Waals surface area contributed by atoms with Crippen molar-refractivity contribution in [1.82, 2.24) is 4.57 Å². The van der Waals surface area contributed by atoms with Gasteiger partial charge in [0.1, 0.15) is 5.75 Å². The molecule has 1 saturated carbocycles. The number of rotatable bonds is 7. The summed E-state index contributed by atoms with van der Waals surface area (Å²) in [6.45, 7) is 9.18. The highest BCUT2D eigenvalue weighted by atomic mass is 16.6. The molecule has 0 saturated heterocycles. The van der Waals surface area contributed by atoms with Crippen molar-refractivity contribution in [2.45, 2.75) is 59.1 Å². The summed E-state index contributed by atoms with van der Waals surface area (Å²) in [7, 11) is 0. The first-order valence-electron chi connectivity index (χ1n) is 12.6. The van der Waals surface area contributed by atoms with Gasteiger partial charge in [-0.25, -0.2) is 4.79 Å². The van der Waals surface area contributed by atoms with E-state index in [1.54, 1.807) is 0 Å². The number of fused-ring (bicyclic) bond motifs is 1. The molecule has 1 aromatic heterocycles. The molecule has 6 nitrogen and oxygen atoms in total. The number of benzene rings is 2. The second-order valence-corrected chi connectivity index (χ2v) is 9.52. The van der Waals surface area contributed by atoms with E-state index in [0.29, 0.717) is 24.9 Å². The van der Waals surface area contributed by atoms with Gasteiger partial charge in [-0.1, -0.05) is 18.2 Å². The molecule has 3 aromatic rings. The Balaban J connectivity index is 1.66. The third kappa shape index (κ3) is 4.45. The molecule has 1 amide bonds. The van der Waals surface area contributed by atoms with E-state index in [-0.39, 0.29) is 6.10 Å². The first-order chi connectivity index (χ1) is 17.0. The summed E-state index contributed by atoms with van der Waals surface area (Å²) < 4.78 is 13.6. The summed E-state index contributed by atoms with van der Waals surface area (Å²) in [5, 5.41) is 4.02. The van der Waals surface area contributed by atoms with Crippen molar-refractivity contribution in [3.05, 3.63) is 59.7 Å². The van der Waals surface area contributed by atoms with E-state index in [4.69, 9.17) is 14.5 Å². The quantitative estimate of drug-likeness (QED) is 0.398. The van der Waals surface area contributed by atoms with Crippen molar-refractivity contribution in [2.75, 3.05) is 18.5 Å². The number of hydrogen-bond acceptors (Lipinski definition) is 4. The van der Waals surface area contributed by atoms with E-state index in [9.17, 15) is 4.79 Å². The molecule has 35 heavy (non-hydrogen) atoms. The van der Waals surface area contributed by atoms with E-state index < -0.39 is 6.09 Å². The zero-order valence-corrected chi connectivity index (χ0v) is 20.9. The van der Waals surface area contributed by atoms with Crippen molar-refractivity contribution in [2.24, 2.45) is 4.99 Å². The van der Waals surface area contributed by atoms with Crippen LogP contribution in [-0.2, 0) is 4.74 Å². The average Bonchev–Trinajstić information content (AvgIpc) is 3.34. The molecule has 6 heteroatoms. The SMILES string of the molecule is CCOc1ccc2c(C3=NCC=C3C)c(-c3ccc(NC(=O)OC(C)C)cc3)n(C3CCC3)c2c1. The minimum absolute atomic E-state index is 0.167. The fourth-order valence-corrected chi connectivity index (χ4v) is 4.94. The van der Waals surface area contributed by atoms with Crippen LogP contribution in [0.15, 0.2) is 59.1 Å². The van der Waals surface area contributed by atoms with E-state index in [0.717, 1.165) is 29.9 Å². The van der Waals surface area contributed by atoms with Gasteiger partial charge in [0.2, 0.25) is 0 Å². The van der Waals surface area contributed by atoms with Crippen LogP contribution in [0.1, 0.15) is 58.6 Å². The molecular weight excluding hydrogens is 438 g/mol. The number of amides is 1. The molecule has 2 aliphatic rings. The van der Waals surface area contributed by atoms with E-state index in [2.05, 4.69) is 53.2 Å². The van der Waals surface area contributed by atoms with Crippen molar-refractivity contribution in [3.8, 4) is 17.0 Å². The summed E-state index contributed by atoms with van der Waals surface area (Å²) >= 11 is 0. The Labute approximate surface area is 206 Å². The third-order valence-electron chi connectivity index (χ3n) is 6.73. The number of aliphatic imine (C=N–C) groups is 1. The maximum Gasteiger partial charge on any atom is 0.411 e. The van der Waals surface area contributed by atoms with Gasteiger partial charge in [0, 0.05) is 28.7 Å². The van der Waals surface area contributed by atoms with Crippen LogP contribution < -0.4 is 10.1 Å². The second-order valence-electron chi connectivity index (χ2n) is 9.52. The van der Waals surface area contributed by atoms with Crippen LogP contribution in [0, 0.1) is 0 Å². The minimum Gasteiger partial charge on any atom is -0.494 e. The van der Waals surface area contributed by atoms with E-state index >= 15 is 0 Å². The topological polar surface area (TPSA) is 64.8 Å². The fraction of sp³-hybridized carbons (Fsp3) is 0.379. The van der Waals surface area contributed by atoms with Gasteiger partial charge >= 0.3 is 6.09 Å². The summed E-state index contributed by atoms with van der Waals surface area (Å²) in [5.41, 5.74) is 7.64. The summed E-state index contributed by atoms with van der Waals surface area (Å²) in [6, 6.07) is 14.9. The third-order valence-corrected chi connectivity index (χ3v) is 6.73. The average molecular weight is 472 g/mol. The predicted octanol–water partition coefficient (Wildman–Crippen LogP) is 7.14. The molecule has 1 aliphatic carbocycles. The predicted molar refractivity (Wildman–Crippen MR) is 142 cm³/mol. The Morgan fingerprint density at radius 1 is 1.17 bits per heavy atom. The lowest BCUT2D eigenvalue weighted by atomic mass is 9.91. The molecule has 1 aliphatic heterocycles. The Bertz CT molecular complexity index is 1310. The lowest BCUT2D eigenvalue weighted by Crippen LogP contribution is -2.18. The van der Waals surface area contributed by atoms with Gasteiger partial charge in [0.15, 0.2) is 0 Å². The Morgan fingerprint density at radius 3 is 2.54 bits per heavy atom. The van der Waals surface area contributed by atoms with Crippen molar-refractivity contribution >= 4 is 28.4 Å². The fourth-order valence-electron chi connectivity index (χ4n) is 4.94. The highest BCUT2D eigenvalue weighted by Gasteiger charge is 2.30. The molecule has 0 unspecified atom stereocenters. The van der Waals surface area contributed by atoms with Gasteiger partial charge < -0.3 is 14.0 Å². The molecule has 2 heterocycles. The van der Waals surface area contributed by atoms with Crippen LogP contribution in [-0.4, -0.2) is 35.6 Å². The van der Waals surface area contributed by atoms with Gasteiger partial charge in [-0.3, -0.25) is 10.3 Å². The molecule has 1 fully saturated rings. The van der Waals surface area contributed by atoms with Gasteiger partial charge in [-0.2, -0.15) is 0 Å². The van der Waals surface area contributed by atoms with Crippen LogP contribution in [0.4, 0.5) is 10.5 Å². The number of ether oxygens (including phenoxy) is 2. The normalized spacial score (nSPS) is 15.7. The largest absolute Gasteiger partial charge is 0.494 e. The number of aromatic nitrogens is 1. The number of hydrogen-bond donors (Lipinski definition) is 1. The van der Waals surface area contributed by atoms with Gasteiger partial charge in [0.25, 0.3) is 0 Å². The Morgan fingerprint density at radius 2 is 1.94 bits per heavy atom. The summed E-state index contributed by atoms with van der Waals surface area (Å²) in [4.78, 5) is 17.0. The number of carbonyl (C=O) groups is 1. The molecule has 0 bridgehead atoms. The highest BCUT2D eigenvalue weighted by Crippen LogP contribution is 2.44. The maximum atomic E-state index is 12.1. The number of nitrogens with zero attached hydrogens (tertiary/aromatic N) is 2. The smallest absolute Gasteiger partial charge is 0.411 e. The minimum atomic E-state index is -0.443. The van der Waals surface area contributed by atoms with E-state index in [1.165, 1.54) is 34.2 Å². The van der Waals surface area contributed by atoms with Gasteiger partial charge in [-0.15, -0.1) is 0 Å². The molecule has 5 rings (SSSR count). The molecule has 1 N–H and O–H groups in total. The molecule has 182 valence electrons. The number of nitrogens with one attached hydrogen (secondary N) is 1. The highest BCUT2D eigenvalue weighted by molar-refractivity contribution is 6.23. The lowest BCUT2D eigenvalue weighted by molar-refractivity contribution is 0.130. The maximum absolute atomic E-state index is 12.1. The molecule has 0 atom stereocenters. The number of allylic oxidation sites excluding steroid dienone is 1. The van der Waals surface area contributed by atoms with Crippen LogP contribution in [0.3, 0.4) is 0 Å². The number of carbonyl (C=O) groups excluding carboxylic acids is 1. The standard InChI is InChI=1S/C29H33N3O3/c1-5-34-23-13-14-24-25(17-23)32(22-7-6-8-22)28(26(24)27-19(4)15-16-30-27)20-9-11-21(12-10-20)31-29(33)35-18(2)3/h9-15,17-18,22H,5-8,16H2,1-4H3,(H,31,33). The van der Waals surface area contributed by atoms with E-state index in [1.807, 2.05) is 32.9 Å². The molecule has 0 radical (unpaired) electrons. The number of anilines is 1. The van der Waals surface area contributed by atoms with Crippen molar-refractivity contribution < 1.29 is 14.3 Å². The summed E-state index contributed by atoms with van der Waals surface area (Å²) in [6.07, 6.45) is 5.15. The van der Waals surface area contributed by atoms with Crippen LogP contribution >= 0.6 is 0 Å². The zero-order chi connectivity index (χ0) is 24.5. The second kappa shape index (κ2) is 9.61. The first kappa shape index (κ1) is 23.2. The first-order valence-corrected chi connectivity index (χ1v) is 12.6. The lowest BCUT2D eigenvalue weighted by Gasteiger charge is -2.30. The summed E-state index contributed by atoms with van der Waals surface area (Å²) in [5.74, 6) is 0.889. The van der Waals surface area contributed by atoms with Crippen LogP contribution in [0.5, 0.6) is 5.75 Å². The zero-order valence-electron chi connectivity index (χ0n) is 20.9. The molecule has 0 spiro atoms. The Hall–Kier alpha value is -3.54. The molecule has 2 aromatic carbocycles. The van der Waals surface area contributed by atoms with Gasteiger partial charge in [-0.05, 0) is 82.4 Å². The van der Waals surface area contributed by atoms with Crippen molar-refractivity contribution in [1.29, 1.82) is 0 Å². The van der Waals surface area contributed by atoms with Crippen LogP contribution in [0.25, 0.3) is 22.2 Å². The monoisotopic (exact) mass is 471 g/mol. The molecular formula is C29H33N3O3. The van der Waals surface area contributed by atoms with Crippen molar-refractivity contribution in [3.63, 3.8) is 0 Å². The van der Waals surface area contributed by atoms with Gasteiger partial charge in [0.05, 0.1) is 36.2 Å².